The summed E-state index contributed by atoms with van der Waals surface area (Å²) < 4.78 is 0. The Balaban J connectivity index is 1.87. The van der Waals surface area contributed by atoms with Crippen LogP contribution >= 0.6 is 11.3 Å². The van der Waals surface area contributed by atoms with Crippen LogP contribution in [-0.2, 0) is 12.8 Å². The van der Waals surface area contributed by atoms with E-state index in [1.807, 2.05) is 11.7 Å². The van der Waals surface area contributed by atoms with Crippen LogP contribution in [-0.4, -0.2) is 11.5 Å². The van der Waals surface area contributed by atoms with E-state index in [-0.39, 0.29) is 0 Å². The summed E-state index contributed by atoms with van der Waals surface area (Å²) in [5, 5.41) is 3.59. The standard InChI is InChI=1S/C13H14N2S/c1-2-4-12-10(3-1)5-6-15-13(12)7-11-8-14-9-16-11/h1-4,8-9,13,15H,5-7H2. The van der Waals surface area contributed by atoms with Crippen molar-refractivity contribution in [3.63, 3.8) is 0 Å². The second-order valence-corrected chi connectivity index (χ2v) is 5.10. The van der Waals surface area contributed by atoms with Crippen molar-refractivity contribution in [1.82, 2.24) is 10.3 Å². The molecular formula is C13H14N2S. The van der Waals surface area contributed by atoms with E-state index in [1.54, 1.807) is 11.3 Å². The van der Waals surface area contributed by atoms with E-state index in [0.29, 0.717) is 6.04 Å². The summed E-state index contributed by atoms with van der Waals surface area (Å²) in [7, 11) is 0. The third kappa shape index (κ3) is 1.88. The van der Waals surface area contributed by atoms with Gasteiger partial charge in [0.05, 0.1) is 5.51 Å². The molecule has 1 unspecified atom stereocenters. The second kappa shape index (κ2) is 4.36. The smallest absolute Gasteiger partial charge is 0.0794 e. The van der Waals surface area contributed by atoms with Gasteiger partial charge in [-0.25, -0.2) is 0 Å². The maximum atomic E-state index is 4.13. The van der Waals surface area contributed by atoms with E-state index in [2.05, 4.69) is 34.6 Å². The molecule has 1 N–H and O–H groups in total. The van der Waals surface area contributed by atoms with Crippen LogP contribution in [0.3, 0.4) is 0 Å². The lowest BCUT2D eigenvalue weighted by molar-refractivity contribution is 0.505. The summed E-state index contributed by atoms with van der Waals surface area (Å²) in [6, 6.07) is 9.22. The van der Waals surface area contributed by atoms with Crippen molar-refractivity contribution in [2.45, 2.75) is 18.9 Å². The monoisotopic (exact) mass is 230 g/mol. The van der Waals surface area contributed by atoms with Crippen LogP contribution in [0.1, 0.15) is 22.0 Å². The fraction of sp³-hybridized carbons (Fsp3) is 0.308. The minimum Gasteiger partial charge on any atom is -0.309 e. The highest BCUT2D eigenvalue weighted by Gasteiger charge is 2.19. The predicted molar refractivity (Wildman–Crippen MR) is 66.7 cm³/mol. The van der Waals surface area contributed by atoms with E-state index in [1.165, 1.54) is 16.0 Å². The average molecular weight is 230 g/mol. The molecule has 0 saturated carbocycles. The highest BCUT2D eigenvalue weighted by molar-refractivity contribution is 7.09. The molecule has 3 heteroatoms. The van der Waals surface area contributed by atoms with Gasteiger partial charge < -0.3 is 5.32 Å². The minimum atomic E-state index is 0.463. The lowest BCUT2D eigenvalue weighted by Gasteiger charge is -2.26. The number of rotatable bonds is 2. The first-order chi connectivity index (χ1) is 7.93. The Hall–Kier alpha value is -1.19. The first kappa shape index (κ1) is 10.00. The van der Waals surface area contributed by atoms with Gasteiger partial charge in [0.2, 0.25) is 0 Å². The Labute approximate surface area is 99.4 Å². The zero-order chi connectivity index (χ0) is 10.8. The molecule has 0 aliphatic carbocycles. The van der Waals surface area contributed by atoms with Gasteiger partial charge in [-0.3, -0.25) is 4.98 Å². The summed E-state index contributed by atoms with van der Waals surface area (Å²) in [5.74, 6) is 0. The number of aromatic nitrogens is 1. The Morgan fingerprint density at radius 1 is 1.38 bits per heavy atom. The molecule has 1 aliphatic heterocycles. The molecule has 0 radical (unpaired) electrons. The van der Waals surface area contributed by atoms with Gasteiger partial charge in [-0.05, 0) is 24.1 Å². The number of nitrogens with zero attached hydrogens (tertiary/aromatic N) is 1. The summed E-state index contributed by atoms with van der Waals surface area (Å²) >= 11 is 1.74. The van der Waals surface area contributed by atoms with Crippen molar-refractivity contribution in [2.75, 3.05) is 6.54 Å². The summed E-state index contributed by atoms with van der Waals surface area (Å²) in [6.07, 6.45) is 4.18. The van der Waals surface area contributed by atoms with Gasteiger partial charge >= 0.3 is 0 Å². The number of benzene rings is 1. The van der Waals surface area contributed by atoms with E-state index in [9.17, 15) is 0 Å². The van der Waals surface area contributed by atoms with Gasteiger partial charge in [0.15, 0.2) is 0 Å². The van der Waals surface area contributed by atoms with Crippen molar-refractivity contribution in [3.8, 4) is 0 Å². The van der Waals surface area contributed by atoms with Crippen molar-refractivity contribution in [2.24, 2.45) is 0 Å². The topological polar surface area (TPSA) is 24.9 Å². The normalized spacial score (nSPS) is 19.4. The lowest BCUT2D eigenvalue weighted by atomic mass is 9.92. The first-order valence-corrected chi connectivity index (χ1v) is 6.50. The van der Waals surface area contributed by atoms with Crippen molar-refractivity contribution >= 4 is 11.3 Å². The van der Waals surface area contributed by atoms with Gasteiger partial charge in [-0.15, -0.1) is 11.3 Å². The van der Waals surface area contributed by atoms with Gasteiger partial charge in [0.1, 0.15) is 0 Å². The first-order valence-electron chi connectivity index (χ1n) is 5.62. The molecule has 16 heavy (non-hydrogen) atoms. The van der Waals surface area contributed by atoms with Crippen molar-refractivity contribution < 1.29 is 0 Å². The van der Waals surface area contributed by atoms with Crippen molar-refractivity contribution in [3.05, 3.63) is 52.0 Å². The molecule has 2 aromatic rings. The van der Waals surface area contributed by atoms with Crippen LogP contribution in [0.15, 0.2) is 36.0 Å². The van der Waals surface area contributed by atoms with E-state index >= 15 is 0 Å². The maximum absolute atomic E-state index is 4.13. The third-order valence-electron chi connectivity index (χ3n) is 3.10. The molecule has 2 heterocycles. The summed E-state index contributed by atoms with van der Waals surface area (Å²) in [5.41, 5.74) is 4.86. The van der Waals surface area contributed by atoms with Crippen LogP contribution in [0.25, 0.3) is 0 Å². The molecule has 0 bridgehead atoms. The molecule has 3 rings (SSSR count). The van der Waals surface area contributed by atoms with E-state index in [4.69, 9.17) is 0 Å². The highest BCUT2D eigenvalue weighted by atomic mass is 32.1. The number of hydrogen-bond acceptors (Lipinski definition) is 3. The molecule has 1 aromatic carbocycles. The average Bonchev–Trinajstić information content (AvgIpc) is 2.82. The number of thiazole rings is 1. The Bertz CT molecular complexity index is 465. The molecule has 1 aliphatic rings. The van der Waals surface area contributed by atoms with Gasteiger partial charge in [-0.1, -0.05) is 24.3 Å². The van der Waals surface area contributed by atoms with Crippen LogP contribution in [0, 0.1) is 0 Å². The van der Waals surface area contributed by atoms with Crippen LogP contribution in [0.2, 0.25) is 0 Å². The van der Waals surface area contributed by atoms with E-state index in [0.717, 1.165) is 19.4 Å². The summed E-state index contributed by atoms with van der Waals surface area (Å²) in [4.78, 5) is 5.49. The Morgan fingerprint density at radius 3 is 3.19 bits per heavy atom. The molecule has 0 saturated heterocycles. The molecule has 2 nitrogen and oxygen atoms in total. The number of hydrogen-bond donors (Lipinski definition) is 1. The minimum absolute atomic E-state index is 0.463. The van der Waals surface area contributed by atoms with Gasteiger partial charge in [-0.2, -0.15) is 0 Å². The SMILES string of the molecule is c1ccc2c(c1)CCNC2Cc1cncs1. The third-order valence-corrected chi connectivity index (χ3v) is 3.91. The lowest BCUT2D eigenvalue weighted by Crippen LogP contribution is -2.30. The molecular weight excluding hydrogens is 216 g/mol. The van der Waals surface area contributed by atoms with Crippen LogP contribution in [0.4, 0.5) is 0 Å². The molecule has 0 fully saturated rings. The zero-order valence-corrected chi connectivity index (χ0v) is 9.83. The fourth-order valence-electron chi connectivity index (χ4n) is 2.32. The highest BCUT2D eigenvalue weighted by Crippen LogP contribution is 2.26. The Morgan fingerprint density at radius 2 is 2.31 bits per heavy atom. The predicted octanol–water partition coefficient (Wildman–Crippen LogP) is 2.57. The van der Waals surface area contributed by atoms with Gasteiger partial charge in [0, 0.05) is 23.5 Å². The number of nitrogens with one attached hydrogen (secondary N) is 1. The zero-order valence-electron chi connectivity index (χ0n) is 9.02. The van der Waals surface area contributed by atoms with Crippen molar-refractivity contribution in [1.29, 1.82) is 0 Å². The van der Waals surface area contributed by atoms with Gasteiger partial charge in [0.25, 0.3) is 0 Å². The molecule has 82 valence electrons. The molecule has 1 aromatic heterocycles. The van der Waals surface area contributed by atoms with E-state index < -0.39 is 0 Å². The second-order valence-electron chi connectivity index (χ2n) is 4.13. The van der Waals surface area contributed by atoms with Crippen LogP contribution < -0.4 is 5.32 Å². The molecule has 0 amide bonds. The Kier molecular flexibility index (Phi) is 2.72. The summed E-state index contributed by atoms with van der Waals surface area (Å²) in [6.45, 7) is 1.08. The quantitative estimate of drug-likeness (QED) is 0.857. The largest absolute Gasteiger partial charge is 0.309 e. The molecule has 1 atom stereocenters. The maximum Gasteiger partial charge on any atom is 0.0794 e. The fourth-order valence-corrected chi connectivity index (χ4v) is 2.96. The van der Waals surface area contributed by atoms with Crippen LogP contribution in [0.5, 0.6) is 0 Å². The number of fused-ring (bicyclic) bond motifs is 1. The molecule has 0 spiro atoms.